The summed E-state index contributed by atoms with van der Waals surface area (Å²) in [5, 5.41) is 8.18. The highest BCUT2D eigenvalue weighted by molar-refractivity contribution is 5.99. The van der Waals surface area contributed by atoms with Gasteiger partial charge in [0, 0.05) is 43.5 Å². The molecule has 10 heteroatoms. The second-order valence-corrected chi connectivity index (χ2v) is 7.39. The highest BCUT2D eigenvalue weighted by atomic mass is 19.4. The molecule has 0 unspecified atom stereocenters. The van der Waals surface area contributed by atoms with Crippen LogP contribution in [0.15, 0.2) is 18.5 Å². The van der Waals surface area contributed by atoms with Crippen LogP contribution in [0, 0.1) is 6.92 Å². The normalized spacial score (nSPS) is 14.6. The number of amides is 1. The molecule has 1 aliphatic carbocycles. The molecular weight excluding hydrogens is 385 g/mol. The van der Waals surface area contributed by atoms with E-state index in [2.05, 4.69) is 15.2 Å². The highest BCUT2D eigenvalue weighted by Crippen LogP contribution is 2.41. The summed E-state index contributed by atoms with van der Waals surface area (Å²) in [7, 11) is 1.60. The third-order valence-electron chi connectivity index (χ3n) is 5.13. The lowest BCUT2D eigenvalue weighted by atomic mass is 10.2. The molecule has 4 rings (SSSR count). The number of hydrogen-bond acceptors (Lipinski definition) is 4. The Kier molecular flexibility index (Phi) is 4.59. The van der Waals surface area contributed by atoms with Gasteiger partial charge in [-0.25, -0.2) is 9.50 Å². The lowest BCUT2D eigenvalue weighted by Crippen LogP contribution is -2.26. The van der Waals surface area contributed by atoms with Crippen LogP contribution in [0.25, 0.3) is 5.65 Å². The summed E-state index contributed by atoms with van der Waals surface area (Å²) in [6.07, 6.45) is 0.0434. The maximum absolute atomic E-state index is 13.5. The smallest absolute Gasteiger partial charge is 0.337 e. The van der Waals surface area contributed by atoms with Gasteiger partial charge in [0.05, 0.1) is 11.9 Å². The fourth-order valence-electron chi connectivity index (χ4n) is 3.33. The fraction of sp³-hybridized carbons (Fsp3) is 0.474. The molecule has 0 N–H and O–H groups in total. The van der Waals surface area contributed by atoms with Crippen molar-refractivity contribution in [3.05, 3.63) is 46.7 Å². The van der Waals surface area contributed by atoms with E-state index in [1.165, 1.54) is 4.90 Å². The minimum absolute atomic E-state index is 0.0132. The summed E-state index contributed by atoms with van der Waals surface area (Å²) in [6, 6.07) is 1.04. The average molecular weight is 406 g/mol. The summed E-state index contributed by atoms with van der Waals surface area (Å²) in [5.41, 5.74) is 1.13. The van der Waals surface area contributed by atoms with Crippen molar-refractivity contribution in [2.45, 2.75) is 51.9 Å². The number of aryl methyl sites for hydroxylation is 2. The molecule has 0 saturated heterocycles. The topological polar surface area (TPSA) is 68.3 Å². The summed E-state index contributed by atoms with van der Waals surface area (Å²) in [6.45, 7) is 4.82. The van der Waals surface area contributed by atoms with Gasteiger partial charge in [0.2, 0.25) is 0 Å². The van der Waals surface area contributed by atoms with E-state index in [0.717, 1.165) is 36.4 Å². The first kappa shape index (κ1) is 19.4. The van der Waals surface area contributed by atoms with E-state index in [9.17, 15) is 18.0 Å². The van der Waals surface area contributed by atoms with Crippen molar-refractivity contribution < 1.29 is 18.0 Å². The average Bonchev–Trinajstić information content (AvgIpc) is 3.34. The van der Waals surface area contributed by atoms with Gasteiger partial charge in [-0.3, -0.25) is 9.48 Å². The summed E-state index contributed by atoms with van der Waals surface area (Å²) < 4.78 is 43.1. The van der Waals surface area contributed by atoms with Gasteiger partial charge in [0.15, 0.2) is 5.65 Å². The number of alkyl halides is 3. The van der Waals surface area contributed by atoms with Crippen molar-refractivity contribution in [2.75, 3.05) is 7.05 Å². The standard InChI is InChI=1S/C19H21F3N6O/c1-4-27-10-13(11(2)25-27)9-26(3)18(29)14-8-23-28-16(19(20,21)22)7-15(12-5-6-12)24-17(14)28/h7-8,10,12H,4-6,9H2,1-3H3. The molecule has 0 aromatic carbocycles. The van der Waals surface area contributed by atoms with Crippen molar-refractivity contribution in [3.63, 3.8) is 0 Å². The highest BCUT2D eigenvalue weighted by Gasteiger charge is 2.38. The van der Waals surface area contributed by atoms with E-state index in [0.29, 0.717) is 16.8 Å². The third-order valence-corrected chi connectivity index (χ3v) is 5.13. The predicted octanol–water partition coefficient (Wildman–Crippen LogP) is 3.42. The van der Waals surface area contributed by atoms with Crippen molar-refractivity contribution in [1.29, 1.82) is 0 Å². The van der Waals surface area contributed by atoms with Crippen LogP contribution in [0.2, 0.25) is 0 Å². The van der Waals surface area contributed by atoms with Crippen LogP contribution in [0.4, 0.5) is 13.2 Å². The van der Waals surface area contributed by atoms with Crippen LogP contribution >= 0.6 is 0 Å². The number of hydrogen-bond donors (Lipinski definition) is 0. The fourth-order valence-corrected chi connectivity index (χ4v) is 3.33. The zero-order chi connectivity index (χ0) is 20.9. The maximum atomic E-state index is 13.5. The molecule has 3 aromatic heterocycles. The van der Waals surface area contributed by atoms with Crippen LogP contribution < -0.4 is 0 Å². The van der Waals surface area contributed by atoms with Gasteiger partial charge in [-0.2, -0.15) is 23.4 Å². The molecule has 0 atom stereocenters. The second kappa shape index (κ2) is 6.85. The monoisotopic (exact) mass is 406 g/mol. The Morgan fingerprint density at radius 2 is 2.07 bits per heavy atom. The summed E-state index contributed by atoms with van der Waals surface area (Å²) >= 11 is 0. The Bertz CT molecular complexity index is 1080. The molecule has 0 aliphatic heterocycles. The summed E-state index contributed by atoms with van der Waals surface area (Å²) in [4.78, 5) is 18.8. The number of nitrogens with zero attached hydrogens (tertiary/aromatic N) is 6. The first-order chi connectivity index (χ1) is 13.7. The molecule has 1 aliphatic rings. The molecule has 0 radical (unpaired) electrons. The maximum Gasteiger partial charge on any atom is 0.433 e. The van der Waals surface area contributed by atoms with E-state index < -0.39 is 17.8 Å². The number of carbonyl (C=O) groups excluding carboxylic acids is 1. The quantitative estimate of drug-likeness (QED) is 0.651. The van der Waals surface area contributed by atoms with Gasteiger partial charge >= 0.3 is 6.18 Å². The number of halogens is 3. The van der Waals surface area contributed by atoms with E-state index in [-0.39, 0.29) is 23.7 Å². The van der Waals surface area contributed by atoms with Gasteiger partial charge in [-0.05, 0) is 32.8 Å². The van der Waals surface area contributed by atoms with E-state index in [1.807, 2.05) is 20.0 Å². The Balaban J connectivity index is 1.70. The zero-order valence-corrected chi connectivity index (χ0v) is 16.4. The summed E-state index contributed by atoms with van der Waals surface area (Å²) in [5.74, 6) is -0.420. The van der Waals surface area contributed by atoms with Gasteiger partial charge < -0.3 is 4.90 Å². The lowest BCUT2D eigenvalue weighted by Gasteiger charge is -2.16. The second-order valence-electron chi connectivity index (χ2n) is 7.39. The molecule has 3 aromatic rings. The number of carbonyl (C=O) groups is 1. The van der Waals surface area contributed by atoms with Crippen molar-refractivity contribution in [1.82, 2.24) is 29.3 Å². The third kappa shape index (κ3) is 3.58. The molecule has 0 spiro atoms. The van der Waals surface area contributed by atoms with Gasteiger partial charge in [-0.15, -0.1) is 0 Å². The van der Waals surface area contributed by atoms with E-state index in [1.54, 1.807) is 11.7 Å². The van der Waals surface area contributed by atoms with Gasteiger partial charge in [0.1, 0.15) is 11.3 Å². The van der Waals surface area contributed by atoms with Crippen LogP contribution in [0.5, 0.6) is 0 Å². The zero-order valence-electron chi connectivity index (χ0n) is 16.4. The van der Waals surface area contributed by atoms with Gasteiger partial charge in [0.25, 0.3) is 5.91 Å². The molecular formula is C19H21F3N6O. The van der Waals surface area contributed by atoms with Crippen LogP contribution in [0.3, 0.4) is 0 Å². The number of rotatable bonds is 5. The number of aromatic nitrogens is 5. The largest absolute Gasteiger partial charge is 0.433 e. The first-order valence-corrected chi connectivity index (χ1v) is 9.43. The number of fused-ring (bicyclic) bond motifs is 1. The molecule has 7 nitrogen and oxygen atoms in total. The van der Waals surface area contributed by atoms with Crippen LogP contribution in [-0.2, 0) is 19.3 Å². The molecule has 1 amide bonds. The molecule has 29 heavy (non-hydrogen) atoms. The van der Waals surface area contributed by atoms with E-state index in [4.69, 9.17) is 0 Å². The molecule has 154 valence electrons. The SMILES string of the molecule is CCn1cc(CN(C)C(=O)c2cnn3c(C(F)(F)F)cc(C4CC4)nc23)c(C)n1. The Labute approximate surface area is 165 Å². The predicted molar refractivity (Wildman–Crippen MR) is 98.4 cm³/mol. The minimum atomic E-state index is -4.59. The van der Waals surface area contributed by atoms with E-state index >= 15 is 0 Å². The Morgan fingerprint density at radius 1 is 1.34 bits per heavy atom. The van der Waals surface area contributed by atoms with Crippen molar-refractivity contribution in [2.24, 2.45) is 0 Å². The molecule has 3 heterocycles. The van der Waals surface area contributed by atoms with Crippen LogP contribution in [0.1, 0.15) is 58.7 Å². The molecule has 0 bridgehead atoms. The first-order valence-electron chi connectivity index (χ1n) is 9.43. The Hall–Kier alpha value is -2.91. The lowest BCUT2D eigenvalue weighted by molar-refractivity contribution is -0.142. The Morgan fingerprint density at radius 3 is 2.66 bits per heavy atom. The van der Waals surface area contributed by atoms with Crippen molar-refractivity contribution in [3.8, 4) is 0 Å². The van der Waals surface area contributed by atoms with Crippen LogP contribution in [-0.4, -0.2) is 42.2 Å². The molecule has 1 fully saturated rings. The van der Waals surface area contributed by atoms with Gasteiger partial charge in [-0.1, -0.05) is 0 Å². The van der Waals surface area contributed by atoms with Crippen molar-refractivity contribution >= 4 is 11.6 Å². The molecule has 1 saturated carbocycles. The minimum Gasteiger partial charge on any atom is -0.337 e.